The number of amides is 1. The highest BCUT2D eigenvalue weighted by atomic mass is 16.3. The summed E-state index contributed by atoms with van der Waals surface area (Å²) in [5.74, 6) is 0.450. The Hall–Kier alpha value is -1.93. The Balaban J connectivity index is 1.71. The molecule has 0 aromatic carbocycles. The predicted molar refractivity (Wildman–Crippen MR) is 96.6 cm³/mol. The summed E-state index contributed by atoms with van der Waals surface area (Å²) in [6, 6.07) is 0.498. The zero-order valence-corrected chi connectivity index (χ0v) is 14.7. The summed E-state index contributed by atoms with van der Waals surface area (Å²) in [7, 11) is 0. The van der Waals surface area contributed by atoms with Crippen LogP contribution in [-0.4, -0.2) is 51.8 Å². The maximum atomic E-state index is 11.7. The molecule has 138 valence electrons. The van der Waals surface area contributed by atoms with Gasteiger partial charge >= 0.3 is 0 Å². The van der Waals surface area contributed by atoms with Crippen LogP contribution in [0.4, 0.5) is 11.8 Å². The van der Waals surface area contributed by atoms with E-state index in [1.165, 1.54) is 6.20 Å². The van der Waals surface area contributed by atoms with E-state index in [4.69, 9.17) is 5.73 Å². The Morgan fingerprint density at radius 3 is 2.52 bits per heavy atom. The summed E-state index contributed by atoms with van der Waals surface area (Å²) in [6.07, 6.45) is 6.62. The molecular formula is C17H28N6O2. The minimum Gasteiger partial charge on any atom is -0.390 e. The zero-order valence-electron chi connectivity index (χ0n) is 14.7. The van der Waals surface area contributed by atoms with Gasteiger partial charge in [0.2, 0.25) is 5.95 Å². The Kier molecular flexibility index (Phi) is 5.39. The van der Waals surface area contributed by atoms with Crippen molar-refractivity contribution >= 4 is 17.7 Å². The number of anilines is 2. The molecule has 8 nitrogen and oxygen atoms in total. The molecule has 1 aromatic rings. The van der Waals surface area contributed by atoms with Gasteiger partial charge in [0.1, 0.15) is 5.82 Å². The van der Waals surface area contributed by atoms with Gasteiger partial charge in [-0.2, -0.15) is 4.98 Å². The number of rotatable bonds is 5. The maximum Gasteiger partial charge on any atom is 0.254 e. The number of carbonyl (C=O) groups is 1. The van der Waals surface area contributed by atoms with Crippen molar-refractivity contribution in [2.45, 2.75) is 63.1 Å². The van der Waals surface area contributed by atoms with E-state index in [1.807, 2.05) is 6.92 Å². The van der Waals surface area contributed by atoms with Crippen molar-refractivity contribution in [1.82, 2.24) is 15.3 Å². The minimum atomic E-state index is -0.599. The second kappa shape index (κ2) is 7.53. The van der Waals surface area contributed by atoms with Crippen LogP contribution in [-0.2, 0) is 0 Å². The van der Waals surface area contributed by atoms with E-state index in [1.54, 1.807) is 0 Å². The number of primary amides is 1. The fraction of sp³-hybridized carbons (Fsp3) is 0.706. The van der Waals surface area contributed by atoms with Gasteiger partial charge in [-0.25, -0.2) is 4.98 Å². The highest BCUT2D eigenvalue weighted by Gasteiger charge is 2.29. The molecule has 8 heteroatoms. The second-order valence-corrected chi connectivity index (χ2v) is 7.40. The number of nitrogens with zero attached hydrogens (tertiary/aromatic N) is 2. The Morgan fingerprint density at radius 2 is 1.88 bits per heavy atom. The third-order valence-electron chi connectivity index (χ3n) is 5.13. The van der Waals surface area contributed by atoms with Gasteiger partial charge in [0, 0.05) is 18.3 Å². The molecule has 0 unspecified atom stereocenters. The first-order valence-electron chi connectivity index (χ1n) is 9.06. The van der Waals surface area contributed by atoms with Gasteiger partial charge < -0.3 is 26.8 Å². The van der Waals surface area contributed by atoms with E-state index in [0.717, 1.165) is 51.6 Å². The molecular weight excluding hydrogens is 320 g/mol. The van der Waals surface area contributed by atoms with Gasteiger partial charge in [-0.1, -0.05) is 0 Å². The van der Waals surface area contributed by atoms with Crippen LogP contribution in [0.25, 0.3) is 0 Å². The van der Waals surface area contributed by atoms with Crippen LogP contribution < -0.4 is 21.7 Å². The highest BCUT2D eigenvalue weighted by molar-refractivity contribution is 5.97. The highest BCUT2D eigenvalue weighted by Crippen LogP contribution is 2.30. The third kappa shape index (κ3) is 4.79. The van der Waals surface area contributed by atoms with E-state index in [2.05, 4.69) is 25.9 Å². The number of nitrogens with two attached hydrogens (primary N) is 1. The zero-order chi connectivity index (χ0) is 17.9. The van der Waals surface area contributed by atoms with Crippen molar-refractivity contribution < 1.29 is 9.90 Å². The Morgan fingerprint density at radius 1 is 1.24 bits per heavy atom. The summed E-state index contributed by atoms with van der Waals surface area (Å²) < 4.78 is 0. The van der Waals surface area contributed by atoms with Crippen LogP contribution in [0.15, 0.2) is 6.20 Å². The van der Waals surface area contributed by atoms with Crippen LogP contribution in [0, 0.1) is 0 Å². The van der Waals surface area contributed by atoms with Crippen LogP contribution >= 0.6 is 0 Å². The molecule has 2 aliphatic rings. The summed E-state index contributed by atoms with van der Waals surface area (Å²) in [6.45, 7) is 3.82. The lowest BCUT2D eigenvalue weighted by Gasteiger charge is -2.33. The molecule has 0 atom stereocenters. The maximum absolute atomic E-state index is 11.7. The number of piperidine rings is 1. The van der Waals surface area contributed by atoms with Crippen LogP contribution in [0.1, 0.15) is 55.8 Å². The number of hydrogen-bond acceptors (Lipinski definition) is 7. The molecule has 1 amide bonds. The van der Waals surface area contributed by atoms with Crippen LogP contribution in [0.3, 0.4) is 0 Å². The summed E-state index contributed by atoms with van der Waals surface area (Å²) in [5, 5.41) is 20.1. The standard InChI is InChI=1S/C17H28N6O2/c1-17(25)6-2-11(3-7-17)21-15-13(14(18)24)10-20-16(23-15)22-12-4-8-19-9-5-12/h10-12,19,25H,2-9H2,1H3,(H2,18,24)(H2,20,21,22,23). The lowest BCUT2D eigenvalue weighted by Crippen LogP contribution is -2.37. The largest absolute Gasteiger partial charge is 0.390 e. The normalized spacial score (nSPS) is 27.7. The molecule has 0 radical (unpaired) electrons. The minimum absolute atomic E-state index is 0.167. The molecule has 1 aliphatic carbocycles. The van der Waals surface area contributed by atoms with E-state index in [0.29, 0.717) is 23.4 Å². The van der Waals surface area contributed by atoms with Crippen molar-refractivity contribution in [3.63, 3.8) is 0 Å². The fourth-order valence-corrected chi connectivity index (χ4v) is 3.47. The number of hydrogen-bond donors (Lipinski definition) is 5. The molecule has 6 N–H and O–H groups in total. The van der Waals surface area contributed by atoms with Gasteiger partial charge in [-0.05, 0) is 58.5 Å². The first-order chi connectivity index (χ1) is 11.9. The lowest BCUT2D eigenvalue weighted by atomic mass is 9.83. The van der Waals surface area contributed by atoms with Gasteiger partial charge in [-0.3, -0.25) is 4.79 Å². The van der Waals surface area contributed by atoms with E-state index >= 15 is 0 Å². The molecule has 1 saturated carbocycles. The average Bonchev–Trinajstić information content (AvgIpc) is 2.58. The summed E-state index contributed by atoms with van der Waals surface area (Å²) in [4.78, 5) is 20.5. The molecule has 2 fully saturated rings. The Labute approximate surface area is 148 Å². The lowest BCUT2D eigenvalue weighted by molar-refractivity contribution is 0.0196. The van der Waals surface area contributed by atoms with E-state index in [-0.39, 0.29) is 6.04 Å². The van der Waals surface area contributed by atoms with Gasteiger partial charge in [0.25, 0.3) is 5.91 Å². The Bertz CT molecular complexity index is 605. The molecule has 2 heterocycles. The van der Waals surface area contributed by atoms with Crippen molar-refractivity contribution in [3.05, 3.63) is 11.8 Å². The van der Waals surface area contributed by atoms with Crippen molar-refractivity contribution in [2.24, 2.45) is 5.73 Å². The summed E-state index contributed by atoms with van der Waals surface area (Å²) >= 11 is 0. The van der Waals surface area contributed by atoms with Crippen LogP contribution in [0.5, 0.6) is 0 Å². The first kappa shape index (κ1) is 17.9. The second-order valence-electron chi connectivity index (χ2n) is 7.40. The quantitative estimate of drug-likeness (QED) is 0.534. The smallest absolute Gasteiger partial charge is 0.254 e. The van der Waals surface area contributed by atoms with Crippen molar-refractivity contribution in [2.75, 3.05) is 23.7 Å². The topological polar surface area (TPSA) is 125 Å². The van der Waals surface area contributed by atoms with E-state index < -0.39 is 11.5 Å². The average molecular weight is 348 g/mol. The first-order valence-corrected chi connectivity index (χ1v) is 9.06. The van der Waals surface area contributed by atoms with Crippen molar-refractivity contribution in [3.8, 4) is 0 Å². The third-order valence-corrected chi connectivity index (χ3v) is 5.13. The molecule has 0 spiro atoms. The molecule has 3 rings (SSSR count). The van der Waals surface area contributed by atoms with Gasteiger partial charge in [0.05, 0.1) is 11.2 Å². The van der Waals surface area contributed by atoms with Gasteiger partial charge in [-0.15, -0.1) is 0 Å². The predicted octanol–water partition coefficient (Wildman–Crippen LogP) is 0.845. The molecule has 1 aromatic heterocycles. The summed E-state index contributed by atoms with van der Waals surface area (Å²) in [5.41, 5.74) is 5.17. The number of nitrogens with one attached hydrogen (secondary N) is 3. The molecule has 0 bridgehead atoms. The molecule has 1 saturated heterocycles. The number of aromatic nitrogens is 2. The number of carbonyl (C=O) groups excluding carboxylic acids is 1. The fourth-order valence-electron chi connectivity index (χ4n) is 3.47. The van der Waals surface area contributed by atoms with Crippen LogP contribution in [0.2, 0.25) is 0 Å². The number of aliphatic hydroxyl groups is 1. The van der Waals surface area contributed by atoms with Gasteiger partial charge in [0.15, 0.2) is 0 Å². The monoisotopic (exact) mass is 348 g/mol. The van der Waals surface area contributed by atoms with Crippen molar-refractivity contribution in [1.29, 1.82) is 0 Å². The molecule has 1 aliphatic heterocycles. The SMILES string of the molecule is CC1(O)CCC(Nc2nc(NC3CCNCC3)ncc2C(N)=O)CC1. The molecule has 25 heavy (non-hydrogen) atoms. The van der Waals surface area contributed by atoms with E-state index in [9.17, 15) is 9.90 Å².